The lowest BCUT2D eigenvalue weighted by atomic mass is 10.1. The Balaban J connectivity index is 2.21. The van der Waals surface area contributed by atoms with Crippen LogP contribution in [0.3, 0.4) is 0 Å². The summed E-state index contributed by atoms with van der Waals surface area (Å²) in [4.78, 5) is 0. The number of hydrogen-bond donors (Lipinski definition) is 1. The van der Waals surface area contributed by atoms with Crippen LogP contribution in [0.2, 0.25) is 5.02 Å². The smallest absolute Gasteiger partial charge is 0.161 e. The first-order valence-electron chi connectivity index (χ1n) is 6.79. The predicted molar refractivity (Wildman–Crippen MR) is 87.8 cm³/mol. The maximum atomic E-state index is 5.99. The molecule has 4 heteroatoms. The molecule has 0 heterocycles. The van der Waals surface area contributed by atoms with E-state index in [0.29, 0.717) is 0 Å². The Hall–Kier alpha value is -1.87. The molecular formula is C17H20ClNO2. The molecular weight excluding hydrogens is 286 g/mol. The van der Waals surface area contributed by atoms with Crippen molar-refractivity contribution in [1.29, 1.82) is 0 Å². The molecule has 0 aromatic heterocycles. The van der Waals surface area contributed by atoms with E-state index in [4.69, 9.17) is 21.1 Å². The highest BCUT2D eigenvalue weighted by molar-refractivity contribution is 6.30. The lowest BCUT2D eigenvalue weighted by Gasteiger charge is -2.19. The molecule has 2 aromatic carbocycles. The number of benzene rings is 2. The summed E-state index contributed by atoms with van der Waals surface area (Å²) in [6, 6.07) is 11.9. The second-order valence-electron chi connectivity index (χ2n) is 4.94. The zero-order valence-corrected chi connectivity index (χ0v) is 13.5. The third kappa shape index (κ3) is 3.61. The second kappa shape index (κ2) is 6.72. The van der Waals surface area contributed by atoms with E-state index < -0.39 is 0 Å². The van der Waals surface area contributed by atoms with Crippen molar-refractivity contribution in [2.45, 2.75) is 19.9 Å². The Kier molecular flexibility index (Phi) is 4.97. The molecule has 0 amide bonds. The van der Waals surface area contributed by atoms with Crippen molar-refractivity contribution in [2.75, 3.05) is 19.5 Å². The quantitative estimate of drug-likeness (QED) is 0.857. The molecule has 21 heavy (non-hydrogen) atoms. The van der Waals surface area contributed by atoms with Gasteiger partial charge in [-0.2, -0.15) is 0 Å². The molecule has 0 fully saturated rings. The molecule has 0 aliphatic carbocycles. The molecule has 0 bridgehead atoms. The minimum absolute atomic E-state index is 0.143. The average Bonchev–Trinajstić information content (AvgIpc) is 2.49. The SMILES string of the molecule is COc1ccc(C(C)Nc2ccc(Cl)cc2C)cc1OC. The normalized spacial score (nSPS) is 11.9. The molecule has 3 nitrogen and oxygen atoms in total. The minimum Gasteiger partial charge on any atom is -0.493 e. The van der Waals surface area contributed by atoms with Crippen LogP contribution in [0, 0.1) is 6.92 Å². The van der Waals surface area contributed by atoms with Crippen LogP contribution < -0.4 is 14.8 Å². The molecule has 0 aliphatic heterocycles. The van der Waals surface area contributed by atoms with Gasteiger partial charge in [-0.25, -0.2) is 0 Å². The highest BCUT2D eigenvalue weighted by Gasteiger charge is 2.11. The molecule has 112 valence electrons. The highest BCUT2D eigenvalue weighted by atomic mass is 35.5. The Morgan fingerprint density at radius 2 is 1.71 bits per heavy atom. The number of hydrogen-bond acceptors (Lipinski definition) is 3. The van der Waals surface area contributed by atoms with Gasteiger partial charge in [-0.1, -0.05) is 17.7 Å². The Morgan fingerprint density at radius 3 is 2.33 bits per heavy atom. The fourth-order valence-electron chi connectivity index (χ4n) is 2.23. The molecule has 0 aliphatic rings. The molecule has 2 rings (SSSR count). The van der Waals surface area contributed by atoms with Crippen molar-refractivity contribution in [3.05, 3.63) is 52.5 Å². The summed E-state index contributed by atoms with van der Waals surface area (Å²) in [5, 5.41) is 4.23. The largest absolute Gasteiger partial charge is 0.493 e. The maximum absolute atomic E-state index is 5.99. The monoisotopic (exact) mass is 305 g/mol. The van der Waals surface area contributed by atoms with E-state index in [9.17, 15) is 0 Å². The molecule has 1 N–H and O–H groups in total. The van der Waals surface area contributed by atoms with Crippen LogP contribution in [0.25, 0.3) is 0 Å². The fourth-order valence-corrected chi connectivity index (χ4v) is 2.45. The van der Waals surface area contributed by atoms with Crippen molar-refractivity contribution in [2.24, 2.45) is 0 Å². The fraction of sp³-hybridized carbons (Fsp3) is 0.294. The van der Waals surface area contributed by atoms with Gasteiger partial charge in [0.25, 0.3) is 0 Å². The van der Waals surface area contributed by atoms with Crippen LogP contribution in [-0.4, -0.2) is 14.2 Å². The molecule has 1 atom stereocenters. The van der Waals surface area contributed by atoms with Gasteiger partial charge in [0.05, 0.1) is 14.2 Å². The number of rotatable bonds is 5. The number of halogens is 1. The summed E-state index contributed by atoms with van der Waals surface area (Å²) in [7, 11) is 3.28. The Labute approximate surface area is 130 Å². The number of nitrogens with one attached hydrogen (secondary N) is 1. The predicted octanol–water partition coefficient (Wildman–Crippen LogP) is 4.84. The van der Waals surface area contributed by atoms with E-state index >= 15 is 0 Å². The van der Waals surface area contributed by atoms with E-state index in [2.05, 4.69) is 12.2 Å². The number of aryl methyl sites for hydroxylation is 1. The van der Waals surface area contributed by atoms with Crippen molar-refractivity contribution in [1.82, 2.24) is 0 Å². The summed E-state index contributed by atoms with van der Waals surface area (Å²) >= 11 is 5.99. The summed E-state index contributed by atoms with van der Waals surface area (Å²) in [6.45, 7) is 4.14. The zero-order valence-electron chi connectivity index (χ0n) is 12.7. The van der Waals surface area contributed by atoms with E-state index in [0.717, 1.165) is 33.3 Å². The Morgan fingerprint density at radius 1 is 1.00 bits per heavy atom. The first-order chi connectivity index (χ1) is 10.0. The third-order valence-electron chi connectivity index (χ3n) is 3.47. The second-order valence-corrected chi connectivity index (χ2v) is 5.38. The van der Waals surface area contributed by atoms with Crippen molar-refractivity contribution in [3.8, 4) is 11.5 Å². The van der Waals surface area contributed by atoms with Crippen LogP contribution in [0.5, 0.6) is 11.5 Å². The first-order valence-corrected chi connectivity index (χ1v) is 7.17. The maximum Gasteiger partial charge on any atom is 0.161 e. The number of methoxy groups -OCH3 is 2. The molecule has 2 aromatic rings. The minimum atomic E-state index is 0.143. The number of ether oxygens (including phenoxy) is 2. The van der Waals surface area contributed by atoms with E-state index in [1.807, 2.05) is 43.3 Å². The summed E-state index contributed by atoms with van der Waals surface area (Å²) in [5.41, 5.74) is 3.32. The van der Waals surface area contributed by atoms with Crippen LogP contribution in [0.1, 0.15) is 24.1 Å². The standard InChI is InChI=1S/C17H20ClNO2/c1-11-9-14(18)6-7-15(11)19-12(2)13-5-8-16(20-3)17(10-13)21-4/h5-10,12,19H,1-4H3. The summed E-state index contributed by atoms with van der Waals surface area (Å²) in [6.07, 6.45) is 0. The molecule has 0 spiro atoms. The highest BCUT2D eigenvalue weighted by Crippen LogP contribution is 2.31. The summed E-state index contributed by atoms with van der Waals surface area (Å²) < 4.78 is 10.6. The molecule has 0 radical (unpaired) electrons. The first kappa shape index (κ1) is 15.5. The zero-order chi connectivity index (χ0) is 15.4. The van der Waals surface area contributed by atoms with Gasteiger partial charge in [0.15, 0.2) is 11.5 Å². The van der Waals surface area contributed by atoms with Crippen LogP contribution in [0.15, 0.2) is 36.4 Å². The molecule has 0 saturated carbocycles. The topological polar surface area (TPSA) is 30.5 Å². The van der Waals surface area contributed by atoms with Gasteiger partial charge in [0, 0.05) is 16.8 Å². The lowest BCUT2D eigenvalue weighted by Crippen LogP contribution is -2.08. The average molecular weight is 306 g/mol. The van der Waals surface area contributed by atoms with Gasteiger partial charge in [0.1, 0.15) is 0 Å². The van der Waals surface area contributed by atoms with Gasteiger partial charge < -0.3 is 14.8 Å². The van der Waals surface area contributed by atoms with Crippen molar-refractivity contribution >= 4 is 17.3 Å². The van der Waals surface area contributed by atoms with Gasteiger partial charge >= 0.3 is 0 Å². The van der Waals surface area contributed by atoms with E-state index in [-0.39, 0.29) is 6.04 Å². The van der Waals surface area contributed by atoms with Crippen LogP contribution >= 0.6 is 11.6 Å². The Bertz CT molecular complexity index is 628. The third-order valence-corrected chi connectivity index (χ3v) is 3.70. The van der Waals surface area contributed by atoms with Crippen molar-refractivity contribution in [3.63, 3.8) is 0 Å². The van der Waals surface area contributed by atoms with Crippen LogP contribution in [0.4, 0.5) is 5.69 Å². The molecule has 1 unspecified atom stereocenters. The van der Waals surface area contributed by atoms with Gasteiger partial charge in [-0.05, 0) is 55.3 Å². The molecule has 0 saturated heterocycles. The van der Waals surface area contributed by atoms with Gasteiger partial charge in [-0.3, -0.25) is 0 Å². The lowest BCUT2D eigenvalue weighted by molar-refractivity contribution is 0.354. The number of anilines is 1. The summed E-state index contributed by atoms with van der Waals surface area (Å²) in [5.74, 6) is 1.47. The van der Waals surface area contributed by atoms with E-state index in [1.54, 1.807) is 14.2 Å². The van der Waals surface area contributed by atoms with Gasteiger partial charge in [-0.15, -0.1) is 0 Å². The van der Waals surface area contributed by atoms with Crippen molar-refractivity contribution < 1.29 is 9.47 Å². The van der Waals surface area contributed by atoms with Gasteiger partial charge in [0.2, 0.25) is 0 Å². The van der Waals surface area contributed by atoms with E-state index in [1.165, 1.54) is 0 Å². The van der Waals surface area contributed by atoms with Crippen LogP contribution in [-0.2, 0) is 0 Å².